The lowest BCUT2D eigenvalue weighted by atomic mass is 9.85. The van der Waals surface area contributed by atoms with Crippen molar-refractivity contribution in [1.82, 2.24) is 0 Å². The van der Waals surface area contributed by atoms with E-state index in [-0.39, 0.29) is 12.6 Å². The van der Waals surface area contributed by atoms with Gasteiger partial charge in [-0.05, 0) is 55.4 Å². The van der Waals surface area contributed by atoms with Gasteiger partial charge in [0.05, 0.1) is 6.61 Å². The number of hydrogen-bond acceptors (Lipinski definition) is 3. The fraction of sp³-hybridized carbons (Fsp3) is 0.533. The summed E-state index contributed by atoms with van der Waals surface area (Å²) in [5, 5.41) is 0. The number of carbonyl (C=O) groups is 1. The molecule has 0 saturated carbocycles. The van der Waals surface area contributed by atoms with Crippen LogP contribution in [0, 0.1) is 5.92 Å². The molecule has 0 fully saturated rings. The van der Waals surface area contributed by atoms with Crippen molar-refractivity contribution in [2.24, 2.45) is 5.92 Å². The van der Waals surface area contributed by atoms with Crippen LogP contribution in [0.15, 0.2) is 18.2 Å². The number of benzene rings is 1. The third-order valence-corrected chi connectivity index (χ3v) is 3.31. The first-order chi connectivity index (χ1) is 8.69. The van der Waals surface area contributed by atoms with E-state index in [0.29, 0.717) is 6.61 Å². The predicted octanol–water partition coefficient (Wildman–Crippen LogP) is 2.75. The molecule has 0 heterocycles. The maximum absolute atomic E-state index is 11.2. The number of rotatable bonds is 4. The van der Waals surface area contributed by atoms with Gasteiger partial charge >= 0.3 is 5.97 Å². The van der Waals surface area contributed by atoms with Gasteiger partial charge in [-0.1, -0.05) is 13.0 Å². The predicted molar refractivity (Wildman–Crippen MR) is 69.8 cm³/mol. The molecule has 3 heteroatoms. The zero-order valence-electron chi connectivity index (χ0n) is 11.1. The average Bonchev–Trinajstić information content (AvgIpc) is 2.36. The molecular weight excluding hydrogens is 228 g/mol. The second-order valence-corrected chi connectivity index (χ2v) is 4.87. The van der Waals surface area contributed by atoms with Gasteiger partial charge in [-0.15, -0.1) is 0 Å². The zero-order chi connectivity index (χ0) is 13.0. The van der Waals surface area contributed by atoms with Crippen LogP contribution in [0.1, 0.15) is 31.4 Å². The van der Waals surface area contributed by atoms with Gasteiger partial charge in [0.2, 0.25) is 0 Å². The van der Waals surface area contributed by atoms with E-state index in [1.165, 1.54) is 17.5 Å². The summed E-state index contributed by atoms with van der Waals surface area (Å²) in [7, 11) is 0. The van der Waals surface area contributed by atoms with Crippen molar-refractivity contribution < 1.29 is 14.3 Å². The molecule has 2 rings (SSSR count). The molecule has 0 saturated heterocycles. The van der Waals surface area contributed by atoms with Crippen molar-refractivity contribution in [2.75, 3.05) is 13.2 Å². The van der Waals surface area contributed by atoms with E-state index < -0.39 is 0 Å². The largest absolute Gasteiger partial charge is 0.482 e. The molecule has 1 unspecified atom stereocenters. The first-order valence-electron chi connectivity index (χ1n) is 6.59. The molecule has 1 aliphatic rings. The Morgan fingerprint density at radius 2 is 2.22 bits per heavy atom. The first-order valence-corrected chi connectivity index (χ1v) is 6.59. The monoisotopic (exact) mass is 248 g/mol. The number of hydrogen-bond donors (Lipinski definition) is 0. The SMILES string of the molecule is CCOC(=O)COc1ccc2c(c1)CC(C)CC2. The fourth-order valence-electron chi connectivity index (χ4n) is 2.35. The van der Waals surface area contributed by atoms with Crippen LogP contribution in [0.4, 0.5) is 0 Å². The van der Waals surface area contributed by atoms with Gasteiger partial charge in [-0.25, -0.2) is 4.79 Å². The second kappa shape index (κ2) is 5.89. The summed E-state index contributed by atoms with van der Waals surface area (Å²) in [5.41, 5.74) is 2.77. The molecule has 0 amide bonds. The molecule has 1 aromatic rings. The van der Waals surface area contributed by atoms with E-state index in [9.17, 15) is 4.79 Å². The third kappa shape index (κ3) is 3.25. The lowest BCUT2D eigenvalue weighted by molar-refractivity contribution is -0.145. The van der Waals surface area contributed by atoms with Crippen LogP contribution in [0.25, 0.3) is 0 Å². The Morgan fingerprint density at radius 1 is 1.39 bits per heavy atom. The molecule has 0 radical (unpaired) electrons. The van der Waals surface area contributed by atoms with Gasteiger partial charge in [0.15, 0.2) is 6.61 Å². The molecule has 0 aliphatic heterocycles. The van der Waals surface area contributed by atoms with E-state index in [4.69, 9.17) is 9.47 Å². The summed E-state index contributed by atoms with van der Waals surface area (Å²) >= 11 is 0. The van der Waals surface area contributed by atoms with E-state index in [2.05, 4.69) is 19.1 Å². The Labute approximate surface area is 108 Å². The van der Waals surface area contributed by atoms with Crippen molar-refractivity contribution in [1.29, 1.82) is 0 Å². The summed E-state index contributed by atoms with van der Waals surface area (Å²) in [6.07, 6.45) is 3.51. The lowest BCUT2D eigenvalue weighted by Gasteiger charge is -2.21. The molecule has 0 N–H and O–H groups in total. The highest BCUT2D eigenvalue weighted by atomic mass is 16.6. The molecule has 3 nitrogen and oxygen atoms in total. The highest BCUT2D eigenvalue weighted by molar-refractivity contribution is 5.71. The maximum Gasteiger partial charge on any atom is 0.344 e. The van der Waals surface area contributed by atoms with Crippen LogP contribution in [-0.4, -0.2) is 19.2 Å². The summed E-state index contributed by atoms with van der Waals surface area (Å²) in [5.74, 6) is 1.18. The molecule has 1 aliphatic carbocycles. The van der Waals surface area contributed by atoms with Gasteiger partial charge in [0.25, 0.3) is 0 Å². The molecule has 0 aromatic heterocycles. The molecule has 18 heavy (non-hydrogen) atoms. The Hall–Kier alpha value is -1.51. The number of ether oxygens (including phenoxy) is 2. The van der Waals surface area contributed by atoms with Crippen molar-refractivity contribution in [3.05, 3.63) is 29.3 Å². The number of aryl methyl sites for hydroxylation is 1. The normalized spacial score (nSPS) is 18.0. The topological polar surface area (TPSA) is 35.5 Å². The minimum atomic E-state index is -0.316. The van der Waals surface area contributed by atoms with Crippen LogP contribution in [0.5, 0.6) is 5.75 Å². The maximum atomic E-state index is 11.2. The Bertz CT molecular complexity index is 426. The van der Waals surface area contributed by atoms with Gasteiger partial charge in [0.1, 0.15) is 5.75 Å². The van der Waals surface area contributed by atoms with Crippen LogP contribution in [0.3, 0.4) is 0 Å². The van der Waals surface area contributed by atoms with Crippen molar-refractivity contribution in [3.63, 3.8) is 0 Å². The molecular formula is C15H20O3. The van der Waals surface area contributed by atoms with E-state index >= 15 is 0 Å². The van der Waals surface area contributed by atoms with Crippen LogP contribution >= 0.6 is 0 Å². The number of esters is 1. The zero-order valence-corrected chi connectivity index (χ0v) is 11.1. The van der Waals surface area contributed by atoms with E-state index in [1.54, 1.807) is 6.92 Å². The van der Waals surface area contributed by atoms with E-state index in [1.807, 2.05) is 6.07 Å². The van der Waals surface area contributed by atoms with Gasteiger partial charge < -0.3 is 9.47 Å². The minimum absolute atomic E-state index is 0.0117. The smallest absolute Gasteiger partial charge is 0.344 e. The highest BCUT2D eigenvalue weighted by Gasteiger charge is 2.15. The average molecular weight is 248 g/mol. The Balaban J connectivity index is 1.98. The molecule has 1 aromatic carbocycles. The molecule has 98 valence electrons. The summed E-state index contributed by atoms with van der Waals surface area (Å²) in [4.78, 5) is 11.2. The standard InChI is InChI=1S/C15H20O3/c1-3-17-15(16)10-18-14-7-6-12-5-4-11(2)8-13(12)9-14/h6-7,9,11H,3-5,8,10H2,1-2H3. The summed E-state index contributed by atoms with van der Waals surface area (Å²) in [6, 6.07) is 6.11. The molecule has 0 bridgehead atoms. The summed E-state index contributed by atoms with van der Waals surface area (Å²) < 4.78 is 10.3. The molecule has 1 atom stereocenters. The number of carbonyl (C=O) groups excluding carboxylic acids is 1. The van der Waals surface area contributed by atoms with E-state index in [0.717, 1.165) is 24.5 Å². The third-order valence-electron chi connectivity index (χ3n) is 3.31. The quantitative estimate of drug-likeness (QED) is 0.769. The minimum Gasteiger partial charge on any atom is -0.482 e. The van der Waals surface area contributed by atoms with Gasteiger partial charge in [-0.2, -0.15) is 0 Å². The Kier molecular flexibility index (Phi) is 4.24. The molecule has 0 spiro atoms. The second-order valence-electron chi connectivity index (χ2n) is 4.87. The van der Waals surface area contributed by atoms with Crippen molar-refractivity contribution in [2.45, 2.75) is 33.1 Å². The number of fused-ring (bicyclic) bond motifs is 1. The first kappa shape index (κ1) is 12.9. The van der Waals surface area contributed by atoms with Gasteiger partial charge in [0, 0.05) is 0 Å². The highest BCUT2D eigenvalue weighted by Crippen LogP contribution is 2.28. The van der Waals surface area contributed by atoms with Crippen molar-refractivity contribution in [3.8, 4) is 5.75 Å². The lowest BCUT2D eigenvalue weighted by Crippen LogP contribution is -2.15. The van der Waals surface area contributed by atoms with Gasteiger partial charge in [-0.3, -0.25) is 0 Å². The van der Waals surface area contributed by atoms with Crippen LogP contribution in [0.2, 0.25) is 0 Å². The van der Waals surface area contributed by atoms with Crippen LogP contribution in [-0.2, 0) is 22.4 Å². The van der Waals surface area contributed by atoms with Crippen molar-refractivity contribution >= 4 is 5.97 Å². The van der Waals surface area contributed by atoms with Crippen LogP contribution < -0.4 is 4.74 Å². The Morgan fingerprint density at radius 3 is 3.00 bits per heavy atom. The fourth-order valence-corrected chi connectivity index (χ4v) is 2.35. The summed E-state index contributed by atoms with van der Waals surface area (Å²) in [6.45, 7) is 4.44.